The molecular weight excluding hydrogens is 326 g/mol. The molecule has 7 nitrogen and oxygen atoms in total. The zero-order valence-electron chi connectivity index (χ0n) is 13.9. The van der Waals surface area contributed by atoms with Crippen molar-refractivity contribution >= 4 is 17.7 Å². The van der Waals surface area contributed by atoms with Crippen LogP contribution in [0.15, 0.2) is 47.4 Å². The molecule has 1 aromatic heterocycles. The molecular formula is C18H17NO6. The molecule has 7 heteroatoms. The van der Waals surface area contributed by atoms with Gasteiger partial charge in [-0.25, -0.2) is 9.59 Å². The van der Waals surface area contributed by atoms with E-state index in [1.807, 2.05) is 0 Å². The first-order valence-electron chi connectivity index (χ1n) is 7.50. The van der Waals surface area contributed by atoms with Crippen LogP contribution < -0.4 is 5.56 Å². The second-order valence-electron chi connectivity index (χ2n) is 5.18. The van der Waals surface area contributed by atoms with Crippen LogP contribution in [0.4, 0.5) is 0 Å². The van der Waals surface area contributed by atoms with Gasteiger partial charge in [-0.15, -0.1) is 0 Å². The first-order valence-corrected chi connectivity index (χ1v) is 7.50. The van der Waals surface area contributed by atoms with Crippen molar-refractivity contribution in [1.82, 2.24) is 4.57 Å². The van der Waals surface area contributed by atoms with E-state index in [0.717, 1.165) is 6.07 Å². The Labute approximate surface area is 143 Å². The van der Waals surface area contributed by atoms with Gasteiger partial charge in [0.15, 0.2) is 5.78 Å². The fourth-order valence-corrected chi connectivity index (χ4v) is 2.21. The highest BCUT2D eigenvalue weighted by Crippen LogP contribution is 2.09. The van der Waals surface area contributed by atoms with E-state index in [1.165, 1.54) is 24.8 Å². The van der Waals surface area contributed by atoms with Crippen molar-refractivity contribution in [2.45, 2.75) is 13.5 Å². The molecule has 0 aliphatic rings. The Morgan fingerprint density at radius 2 is 1.72 bits per heavy atom. The minimum Gasteiger partial charge on any atom is -0.465 e. The van der Waals surface area contributed by atoms with E-state index >= 15 is 0 Å². The van der Waals surface area contributed by atoms with Crippen molar-refractivity contribution in [3.8, 4) is 0 Å². The maximum Gasteiger partial charge on any atom is 0.340 e. The summed E-state index contributed by atoms with van der Waals surface area (Å²) in [5.41, 5.74) is -0.0935. The van der Waals surface area contributed by atoms with E-state index < -0.39 is 23.3 Å². The quantitative estimate of drug-likeness (QED) is 0.585. The van der Waals surface area contributed by atoms with Crippen molar-refractivity contribution in [3.63, 3.8) is 0 Å². The molecule has 2 rings (SSSR count). The molecule has 0 bridgehead atoms. The Morgan fingerprint density at radius 3 is 2.32 bits per heavy atom. The number of rotatable bonds is 6. The molecule has 0 saturated heterocycles. The molecule has 0 unspecified atom stereocenters. The molecule has 130 valence electrons. The maximum atomic E-state index is 12.1. The van der Waals surface area contributed by atoms with Gasteiger partial charge in [-0.2, -0.15) is 0 Å². The lowest BCUT2D eigenvalue weighted by Crippen LogP contribution is -2.26. The number of esters is 2. The number of Topliss-reactive ketones (excluding diaryl/α,β-unsaturated/α-hetero) is 1. The number of aromatic nitrogens is 1. The SMILES string of the molecule is COC(=O)c1cn(CCOC(=O)c2ccccc2)c(=O)cc1C(C)=O. The molecule has 0 atom stereocenters. The highest BCUT2D eigenvalue weighted by molar-refractivity contribution is 6.05. The standard InChI is InChI=1S/C18H17NO6/c1-12(20)14-10-16(21)19(11-15(14)18(23)24-2)8-9-25-17(22)13-6-4-3-5-7-13/h3-7,10-11H,8-9H2,1-2H3. The van der Waals surface area contributed by atoms with Gasteiger partial charge in [0.2, 0.25) is 0 Å². The second-order valence-corrected chi connectivity index (χ2v) is 5.18. The first kappa shape index (κ1) is 18.1. The third kappa shape index (κ3) is 4.41. The van der Waals surface area contributed by atoms with Gasteiger partial charge < -0.3 is 14.0 Å². The largest absolute Gasteiger partial charge is 0.465 e. The highest BCUT2D eigenvalue weighted by Gasteiger charge is 2.18. The Balaban J connectivity index is 2.14. The van der Waals surface area contributed by atoms with Crippen molar-refractivity contribution in [1.29, 1.82) is 0 Å². The van der Waals surface area contributed by atoms with E-state index in [-0.39, 0.29) is 24.3 Å². The van der Waals surface area contributed by atoms with Crippen LogP contribution in [-0.4, -0.2) is 36.0 Å². The minimum absolute atomic E-state index is 0.00520. The normalized spacial score (nSPS) is 10.2. The predicted octanol–water partition coefficient (Wildman–Crippen LogP) is 1.69. The van der Waals surface area contributed by atoms with Crippen molar-refractivity contribution < 1.29 is 23.9 Å². The number of carbonyl (C=O) groups is 3. The maximum absolute atomic E-state index is 12.1. The van der Waals surface area contributed by atoms with Gasteiger partial charge in [-0.1, -0.05) is 18.2 Å². The van der Waals surface area contributed by atoms with Crippen LogP contribution in [0.25, 0.3) is 0 Å². The lowest BCUT2D eigenvalue weighted by Gasteiger charge is -2.11. The Kier molecular flexibility index (Phi) is 5.84. The number of benzene rings is 1. The number of pyridine rings is 1. The van der Waals surface area contributed by atoms with E-state index in [0.29, 0.717) is 5.56 Å². The summed E-state index contributed by atoms with van der Waals surface area (Å²) < 4.78 is 10.9. The summed E-state index contributed by atoms with van der Waals surface area (Å²) in [6.07, 6.45) is 1.24. The van der Waals surface area contributed by atoms with E-state index in [1.54, 1.807) is 30.3 Å². The summed E-state index contributed by atoms with van der Waals surface area (Å²) in [6.45, 7) is 1.24. The van der Waals surface area contributed by atoms with Crippen molar-refractivity contribution in [3.05, 3.63) is 69.6 Å². The van der Waals surface area contributed by atoms with E-state index in [4.69, 9.17) is 4.74 Å². The Morgan fingerprint density at radius 1 is 1.04 bits per heavy atom. The summed E-state index contributed by atoms with van der Waals surface area (Å²) in [5, 5.41) is 0. The molecule has 0 radical (unpaired) electrons. The molecule has 25 heavy (non-hydrogen) atoms. The highest BCUT2D eigenvalue weighted by atomic mass is 16.5. The number of methoxy groups -OCH3 is 1. The van der Waals surface area contributed by atoms with Gasteiger partial charge in [-0.3, -0.25) is 9.59 Å². The summed E-state index contributed by atoms with van der Waals surface area (Å²) in [7, 11) is 1.18. The van der Waals surface area contributed by atoms with Crippen LogP contribution >= 0.6 is 0 Å². The van der Waals surface area contributed by atoms with Crippen LogP contribution in [0.3, 0.4) is 0 Å². The van der Waals surface area contributed by atoms with E-state index in [2.05, 4.69) is 4.74 Å². The zero-order valence-corrected chi connectivity index (χ0v) is 13.9. The topological polar surface area (TPSA) is 91.7 Å². The van der Waals surface area contributed by atoms with Gasteiger partial charge in [0, 0.05) is 17.8 Å². The number of ether oxygens (including phenoxy) is 2. The lowest BCUT2D eigenvalue weighted by atomic mass is 10.1. The minimum atomic E-state index is -0.722. The number of ketones is 1. The lowest BCUT2D eigenvalue weighted by molar-refractivity contribution is 0.0487. The number of hydrogen-bond acceptors (Lipinski definition) is 6. The number of nitrogens with zero attached hydrogens (tertiary/aromatic N) is 1. The monoisotopic (exact) mass is 343 g/mol. The third-order valence-electron chi connectivity index (χ3n) is 3.49. The number of hydrogen-bond donors (Lipinski definition) is 0. The fraction of sp³-hybridized carbons (Fsp3) is 0.222. The third-order valence-corrected chi connectivity index (χ3v) is 3.49. The van der Waals surface area contributed by atoms with Crippen LogP contribution in [0.5, 0.6) is 0 Å². The summed E-state index contributed by atoms with van der Waals surface area (Å²) in [6, 6.07) is 9.51. The van der Waals surface area contributed by atoms with Crippen LogP contribution in [-0.2, 0) is 16.0 Å². The molecule has 0 N–H and O–H groups in total. The smallest absolute Gasteiger partial charge is 0.340 e. The van der Waals surface area contributed by atoms with Crippen LogP contribution in [0.2, 0.25) is 0 Å². The van der Waals surface area contributed by atoms with Crippen molar-refractivity contribution in [2.75, 3.05) is 13.7 Å². The first-order chi connectivity index (χ1) is 11.9. The summed E-state index contributed by atoms with van der Waals surface area (Å²) in [5.74, 6) is -1.65. The predicted molar refractivity (Wildman–Crippen MR) is 88.8 cm³/mol. The molecule has 0 aliphatic carbocycles. The zero-order chi connectivity index (χ0) is 18.4. The Bertz CT molecular complexity index is 854. The molecule has 2 aromatic rings. The van der Waals surface area contributed by atoms with Gasteiger partial charge in [-0.05, 0) is 19.1 Å². The number of carbonyl (C=O) groups excluding carboxylic acids is 3. The van der Waals surface area contributed by atoms with Crippen LogP contribution in [0.1, 0.15) is 38.0 Å². The average Bonchev–Trinajstić information content (AvgIpc) is 2.62. The molecule has 0 spiro atoms. The Hall–Kier alpha value is -3.22. The van der Waals surface area contributed by atoms with E-state index in [9.17, 15) is 19.2 Å². The fourth-order valence-electron chi connectivity index (χ4n) is 2.21. The van der Waals surface area contributed by atoms with Crippen LogP contribution in [0, 0.1) is 0 Å². The molecule has 1 aromatic carbocycles. The molecule has 0 amide bonds. The molecule has 0 aliphatic heterocycles. The molecule has 1 heterocycles. The summed E-state index contributed by atoms with van der Waals surface area (Å²) in [4.78, 5) is 47.3. The van der Waals surface area contributed by atoms with Gasteiger partial charge in [0.25, 0.3) is 5.56 Å². The average molecular weight is 343 g/mol. The second kappa shape index (κ2) is 8.05. The molecule has 0 fully saturated rings. The van der Waals surface area contributed by atoms with Crippen molar-refractivity contribution in [2.24, 2.45) is 0 Å². The van der Waals surface area contributed by atoms with Gasteiger partial charge in [0.1, 0.15) is 6.61 Å². The van der Waals surface area contributed by atoms with Gasteiger partial charge in [0.05, 0.1) is 24.8 Å². The summed E-state index contributed by atoms with van der Waals surface area (Å²) >= 11 is 0. The van der Waals surface area contributed by atoms with Gasteiger partial charge >= 0.3 is 11.9 Å². The molecule has 0 saturated carbocycles.